The Morgan fingerprint density at radius 2 is 1.92 bits per heavy atom. The summed E-state index contributed by atoms with van der Waals surface area (Å²) in [6.07, 6.45) is 8.93. The number of rotatable bonds is 5. The Hall–Kier alpha value is -0.660. The summed E-state index contributed by atoms with van der Waals surface area (Å²) in [4.78, 5) is 14.7. The summed E-state index contributed by atoms with van der Waals surface area (Å²) in [6, 6.07) is 0. The minimum atomic E-state index is -3.20. The van der Waals surface area contributed by atoms with Crippen LogP contribution >= 0.6 is 0 Å². The number of carbonyl (C=O) groups is 1. The molecule has 3 aliphatic rings. The molecule has 6 nitrogen and oxygen atoms in total. The number of hydrogen-bond acceptors (Lipinski definition) is 4. The van der Waals surface area contributed by atoms with Gasteiger partial charge < -0.3 is 9.64 Å². The van der Waals surface area contributed by atoms with Crippen LogP contribution in [-0.2, 0) is 19.6 Å². The first-order valence-electron chi connectivity index (χ1n) is 9.56. The van der Waals surface area contributed by atoms with Gasteiger partial charge in [0.2, 0.25) is 15.9 Å². The van der Waals surface area contributed by atoms with Crippen molar-refractivity contribution in [3.8, 4) is 0 Å². The number of hydrogen-bond donors (Lipinski definition) is 0. The zero-order valence-corrected chi connectivity index (χ0v) is 16.4. The highest BCUT2D eigenvalue weighted by atomic mass is 32.2. The molecule has 7 heteroatoms. The summed E-state index contributed by atoms with van der Waals surface area (Å²) in [7, 11) is -1.53. The lowest BCUT2D eigenvalue weighted by Gasteiger charge is -2.43. The lowest BCUT2D eigenvalue weighted by atomic mass is 9.73. The largest absolute Gasteiger partial charge is 0.384 e. The zero-order chi connectivity index (χ0) is 18.1. The van der Waals surface area contributed by atoms with Crippen LogP contribution in [0.4, 0.5) is 0 Å². The van der Waals surface area contributed by atoms with E-state index in [4.69, 9.17) is 4.74 Å². The van der Waals surface area contributed by atoms with Gasteiger partial charge in [-0.05, 0) is 31.1 Å². The number of methoxy groups -OCH3 is 1. The van der Waals surface area contributed by atoms with Gasteiger partial charge in [-0.3, -0.25) is 4.79 Å². The Morgan fingerprint density at radius 1 is 1.20 bits per heavy atom. The minimum absolute atomic E-state index is 0.139. The Morgan fingerprint density at radius 3 is 2.56 bits per heavy atom. The summed E-state index contributed by atoms with van der Waals surface area (Å²) < 4.78 is 31.0. The van der Waals surface area contributed by atoms with Crippen LogP contribution in [-0.4, -0.2) is 69.7 Å². The minimum Gasteiger partial charge on any atom is -0.384 e. The quantitative estimate of drug-likeness (QED) is 0.737. The molecule has 0 aromatic rings. The van der Waals surface area contributed by atoms with Crippen molar-refractivity contribution in [2.45, 2.75) is 44.9 Å². The summed E-state index contributed by atoms with van der Waals surface area (Å²) in [6.45, 7) is 2.99. The van der Waals surface area contributed by atoms with E-state index in [2.05, 4.69) is 0 Å². The Balaban J connectivity index is 1.65. The molecule has 3 fully saturated rings. The van der Waals surface area contributed by atoms with Crippen molar-refractivity contribution in [3.05, 3.63) is 0 Å². The molecule has 0 N–H and O–H groups in total. The molecule has 1 saturated carbocycles. The van der Waals surface area contributed by atoms with Crippen LogP contribution in [0.2, 0.25) is 0 Å². The molecule has 2 atom stereocenters. The van der Waals surface area contributed by atoms with Crippen molar-refractivity contribution in [2.75, 3.05) is 46.2 Å². The number of carbonyl (C=O) groups excluding carboxylic acids is 1. The number of likely N-dealkylation sites (tertiary alicyclic amines) is 1. The molecule has 0 spiro atoms. The van der Waals surface area contributed by atoms with Gasteiger partial charge in [0.15, 0.2) is 0 Å². The number of ether oxygens (including phenoxy) is 1. The molecule has 2 unspecified atom stereocenters. The van der Waals surface area contributed by atoms with Crippen LogP contribution in [0.25, 0.3) is 0 Å². The molecule has 0 aromatic carbocycles. The van der Waals surface area contributed by atoms with Crippen LogP contribution in [0.5, 0.6) is 0 Å². The summed E-state index contributed by atoms with van der Waals surface area (Å²) in [5, 5.41) is 0. The highest BCUT2D eigenvalue weighted by Crippen LogP contribution is 2.44. The van der Waals surface area contributed by atoms with E-state index in [0.29, 0.717) is 38.6 Å². The first-order chi connectivity index (χ1) is 11.8. The lowest BCUT2D eigenvalue weighted by molar-refractivity contribution is -0.136. The molecular weight excluding hydrogens is 340 g/mol. The average molecular weight is 373 g/mol. The van der Waals surface area contributed by atoms with Crippen molar-refractivity contribution in [1.29, 1.82) is 0 Å². The molecule has 3 rings (SSSR count). The van der Waals surface area contributed by atoms with Crippen LogP contribution < -0.4 is 0 Å². The van der Waals surface area contributed by atoms with Gasteiger partial charge in [0.05, 0.1) is 12.9 Å². The van der Waals surface area contributed by atoms with E-state index in [9.17, 15) is 13.2 Å². The van der Waals surface area contributed by atoms with Crippen molar-refractivity contribution in [1.82, 2.24) is 9.21 Å². The second-order valence-electron chi connectivity index (χ2n) is 8.35. The maximum absolute atomic E-state index is 12.8. The molecule has 144 valence electrons. The molecule has 2 heterocycles. The average Bonchev–Trinajstić information content (AvgIpc) is 2.95. The number of piperidine rings is 1. The van der Waals surface area contributed by atoms with E-state index in [-0.39, 0.29) is 17.2 Å². The highest BCUT2D eigenvalue weighted by Gasteiger charge is 2.52. The molecule has 2 saturated heterocycles. The number of fused-ring (bicyclic) bond motifs is 1. The maximum Gasteiger partial charge on any atom is 0.222 e. The summed E-state index contributed by atoms with van der Waals surface area (Å²) in [5.74, 6) is 0.977. The van der Waals surface area contributed by atoms with Crippen molar-refractivity contribution < 1.29 is 17.9 Å². The van der Waals surface area contributed by atoms with Gasteiger partial charge in [-0.25, -0.2) is 12.7 Å². The van der Waals surface area contributed by atoms with E-state index in [1.165, 1.54) is 38.4 Å². The van der Waals surface area contributed by atoms with Gasteiger partial charge in [-0.1, -0.05) is 19.3 Å². The molecule has 1 aliphatic carbocycles. The predicted molar refractivity (Wildman–Crippen MR) is 96.6 cm³/mol. The van der Waals surface area contributed by atoms with E-state index in [1.54, 1.807) is 11.4 Å². The van der Waals surface area contributed by atoms with Crippen LogP contribution in [0.3, 0.4) is 0 Å². The molecular formula is C18H32N2O4S. The Bertz CT molecular complexity index is 588. The zero-order valence-electron chi connectivity index (χ0n) is 15.6. The number of nitrogens with zero attached hydrogens (tertiary/aromatic N) is 2. The lowest BCUT2D eigenvalue weighted by Crippen LogP contribution is -2.51. The normalized spacial score (nSPS) is 31.9. The standard InChI is InChI=1S/C18H32N2O4S/c1-24-14-18-8-9-19(17(21)10-15-6-4-3-5-7-15)11-16(18)12-20(13-18)25(2,22)23/h15-16H,3-14H2,1-2H3. The number of amides is 1. The first-order valence-corrected chi connectivity index (χ1v) is 11.4. The van der Waals surface area contributed by atoms with E-state index < -0.39 is 10.0 Å². The topological polar surface area (TPSA) is 66.9 Å². The van der Waals surface area contributed by atoms with Crippen LogP contribution in [0.1, 0.15) is 44.9 Å². The van der Waals surface area contributed by atoms with Gasteiger partial charge in [-0.15, -0.1) is 0 Å². The van der Waals surface area contributed by atoms with Gasteiger partial charge in [0.1, 0.15) is 0 Å². The monoisotopic (exact) mass is 372 g/mol. The fraction of sp³-hybridized carbons (Fsp3) is 0.944. The second kappa shape index (κ2) is 7.53. The van der Waals surface area contributed by atoms with Gasteiger partial charge in [0, 0.05) is 45.1 Å². The smallest absolute Gasteiger partial charge is 0.222 e. The van der Waals surface area contributed by atoms with E-state index >= 15 is 0 Å². The molecule has 0 radical (unpaired) electrons. The van der Waals surface area contributed by atoms with Crippen molar-refractivity contribution in [3.63, 3.8) is 0 Å². The fourth-order valence-electron chi connectivity index (χ4n) is 5.00. The molecule has 0 aromatic heterocycles. The highest BCUT2D eigenvalue weighted by molar-refractivity contribution is 7.88. The first kappa shape index (κ1) is 19.1. The maximum atomic E-state index is 12.8. The molecule has 0 bridgehead atoms. The third-order valence-electron chi connectivity index (χ3n) is 6.54. The molecule has 2 aliphatic heterocycles. The van der Waals surface area contributed by atoms with Crippen molar-refractivity contribution >= 4 is 15.9 Å². The number of sulfonamides is 1. The predicted octanol–water partition coefficient (Wildman–Crippen LogP) is 1.71. The van der Waals surface area contributed by atoms with E-state index in [0.717, 1.165) is 13.0 Å². The SMILES string of the molecule is COCC12CCN(C(=O)CC3CCCCC3)CC1CN(S(C)(=O)=O)C2. The van der Waals surface area contributed by atoms with Crippen LogP contribution in [0.15, 0.2) is 0 Å². The summed E-state index contributed by atoms with van der Waals surface area (Å²) in [5.41, 5.74) is -0.139. The molecule has 25 heavy (non-hydrogen) atoms. The van der Waals surface area contributed by atoms with E-state index in [1.807, 2.05) is 4.90 Å². The fourth-order valence-corrected chi connectivity index (χ4v) is 5.95. The second-order valence-corrected chi connectivity index (χ2v) is 10.3. The third-order valence-corrected chi connectivity index (χ3v) is 7.76. The molecule has 1 amide bonds. The Kier molecular flexibility index (Phi) is 5.75. The van der Waals surface area contributed by atoms with Crippen LogP contribution in [0, 0.1) is 17.3 Å². The van der Waals surface area contributed by atoms with Crippen molar-refractivity contribution in [2.24, 2.45) is 17.3 Å². The summed E-state index contributed by atoms with van der Waals surface area (Å²) >= 11 is 0. The van der Waals surface area contributed by atoms with Gasteiger partial charge in [-0.2, -0.15) is 0 Å². The third kappa shape index (κ3) is 4.19. The Labute approximate surface area is 151 Å². The van der Waals surface area contributed by atoms with Gasteiger partial charge >= 0.3 is 0 Å². The van der Waals surface area contributed by atoms with Gasteiger partial charge in [0.25, 0.3) is 0 Å².